The predicted molar refractivity (Wildman–Crippen MR) is 86.2 cm³/mol. The number of hydrogen-bond acceptors (Lipinski definition) is 2. The summed E-state index contributed by atoms with van der Waals surface area (Å²) in [6, 6.07) is 14.6. The Bertz CT molecular complexity index is 753. The second-order valence-corrected chi connectivity index (χ2v) is 5.74. The molecule has 1 aromatic heterocycles. The summed E-state index contributed by atoms with van der Waals surface area (Å²) in [5, 5.41) is 4.04. The molecule has 102 valence electrons. The smallest absolute Gasteiger partial charge is 0.134 e. The molecule has 0 amide bonds. The summed E-state index contributed by atoms with van der Waals surface area (Å²) in [4.78, 5) is 0. The highest BCUT2D eigenvalue weighted by molar-refractivity contribution is 14.1. The molecule has 2 aromatic carbocycles. The summed E-state index contributed by atoms with van der Waals surface area (Å²) in [5.74, 6) is 0.539. The van der Waals surface area contributed by atoms with E-state index in [9.17, 15) is 4.39 Å². The number of benzene rings is 2. The minimum absolute atomic E-state index is 0.0430. The van der Waals surface area contributed by atoms with E-state index in [1.807, 2.05) is 25.2 Å². The van der Waals surface area contributed by atoms with E-state index in [2.05, 4.69) is 40.0 Å². The van der Waals surface area contributed by atoms with Crippen molar-refractivity contribution >= 4 is 33.6 Å². The van der Waals surface area contributed by atoms with Gasteiger partial charge in [-0.2, -0.15) is 0 Å². The first-order chi connectivity index (χ1) is 9.69. The van der Waals surface area contributed by atoms with E-state index in [1.165, 1.54) is 12.1 Å². The highest BCUT2D eigenvalue weighted by Gasteiger charge is 2.18. The van der Waals surface area contributed by atoms with E-state index in [-0.39, 0.29) is 11.9 Å². The molecule has 1 N–H and O–H groups in total. The molecule has 0 saturated heterocycles. The predicted octanol–water partition coefficient (Wildman–Crippen LogP) is 4.49. The molecule has 4 heteroatoms. The first-order valence-electron chi connectivity index (χ1n) is 6.29. The van der Waals surface area contributed by atoms with Crippen LogP contribution in [0.3, 0.4) is 0 Å². The number of hydrogen-bond donors (Lipinski definition) is 1. The van der Waals surface area contributed by atoms with Gasteiger partial charge in [-0.15, -0.1) is 0 Å². The van der Waals surface area contributed by atoms with Crippen molar-refractivity contribution in [1.82, 2.24) is 5.32 Å². The average molecular weight is 381 g/mol. The van der Waals surface area contributed by atoms with Crippen LogP contribution in [0.25, 0.3) is 11.0 Å². The maximum absolute atomic E-state index is 13.3. The Morgan fingerprint density at radius 1 is 1.15 bits per heavy atom. The second kappa shape index (κ2) is 5.54. The van der Waals surface area contributed by atoms with Gasteiger partial charge in [-0.05, 0) is 65.5 Å². The van der Waals surface area contributed by atoms with E-state index in [0.717, 1.165) is 20.3 Å². The van der Waals surface area contributed by atoms with Crippen LogP contribution in [0, 0.1) is 9.39 Å². The van der Waals surface area contributed by atoms with E-state index in [0.29, 0.717) is 5.58 Å². The van der Waals surface area contributed by atoms with Crippen LogP contribution >= 0.6 is 22.6 Å². The molecule has 0 aliphatic rings. The molecule has 0 aliphatic heterocycles. The van der Waals surface area contributed by atoms with Crippen LogP contribution in [-0.2, 0) is 0 Å². The molecule has 0 aliphatic carbocycles. The van der Waals surface area contributed by atoms with Gasteiger partial charge in [0.1, 0.15) is 17.2 Å². The number of nitrogens with one attached hydrogen (secondary N) is 1. The monoisotopic (exact) mass is 381 g/mol. The molecule has 3 rings (SSSR count). The molecule has 0 bridgehead atoms. The zero-order valence-corrected chi connectivity index (χ0v) is 13.0. The van der Waals surface area contributed by atoms with Gasteiger partial charge >= 0.3 is 0 Å². The van der Waals surface area contributed by atoms with Gasteiger partial charge in [-0.25, -0.2) is 4.39 Å². The Kier molecular flexibility index (Phi) is 3.76. The quantitative estimate of drug-likeness (QED) is 0.677. The number of halogens is 2. The summed E-state index contributed by atoms with van der Waals surface area (Å²) >= 11 is 2.31. The molecule has 20 heavy (non-hydrogen) atoms. The number of rotatable bonds is 3. The van der Waals surface area contributed by atoms with Crippen molar-refractivity contribution in [3.63, 3.8) is 0 Å². The minimum Gasteiger partial charge on any atom is -0.459 e. The Hall–Kier alpha value is -1.40. The fourth-order valence-electron chi connectivity index (χ4n) is 2.34. The molecule has 0 saturated carbocycles. The van der Waals surface area contributed by atoms with Gasteiger partial charge in [-0.1, -0.05) is 18.2 Å². The summed E-state index contributed by atoms with van der Waals surface area (Å²) in [6.07, 6.45) is 0. The summed E-state index contributed by atoms with van der Waals surface area (Å²) in [5.41, 5.74) is 1.85. The van der Waals surface area contributed by atoms with Gasteiger partial charge in [0.05, 0.1) is 6.04 Å². The van der Waals surface area contributed by atoms with E-state index in [1.54, 1.807) is 6.07 Å². The SMILES string of the molecule is CNC(c1cc2cc(F)ccc2o1)c1ccccc1I. The van der Waals surface area contributed by atoms with Gasteiger partial charge in [0.15, 0.2) is 0 Å². The van der Waals surface area contributed by atoms with Crippen molar-refractivity contribution in [1.29, 1.82) is 0 Å². The van der Waals surface area contributed by atoms with Crippen LogP contribution in [0.1, 0.15) is 17.4 Å². The Morgan fingerprint density at radius 3 is 2.70 bits per heavy atom. The molecular formula is C16H13FINO. The van der Waals surface area contributed by atoms with Crippen LogP contribution in [-0.4, -0.2) is 7.05 Å². The van der Waals surface area contributed by atoms with Crippen LogP contribution in [0.15, 0.2) is 52.9 Å². The van der Waals surface area contributed by atoms with Crippen molar-refractivity contribution in [2.45, 2.75) is 6.04 Å². The first kappa shape index (κ1) is 13.6. The van der Waals surface area contributed by atoms with Crippen LogP contribution in [0.2, 0.25) is 0 Å². The largest absolute Gasteiger partial charge is 0.459 e. The standard InChI is InChI=1S/C16H13FINO/c1-19-16(12-4-2-3-5-13(12)18)15-9-10-8-11(17)6-7-14(10)20-15/h2-9,16,19H,1H3. The van der Waals surface area contributed by atoms with Crippen molar-refractivity contribution in [2.75, 3.05) is 7.05 Å². The maximum atomic E-state index is 13.3. The van der Waals surface area contributed by atoms with E-state index >= 15 is 0 Å². The van der Waals surface area contributed by atoms with Gasteiger partial charge in [-0.3, -0.25) is 0 Å². The van der Waals surface area contributed by atoms with Crippen molar-refractivity contribution in [3.8, 4) is 0 Å². The van der Waals surface area contributed by atoms with Crippen molar-refractivity contribution < 1.29 is 8.81 Å². The molecule has 1 atom stereocenters. The molecule has 3 aromatic rings. The average Bonchev–Trinajstić information content (AvgIpc) is 2.84. The minimum atomic E-state index is -0.250. The molecule has 0 radical (unpaired) electrons. The summed E-state index contributed by atoms with van der Waals surface area (Å²) < 4.78 is 20.3. The van der Waals surface area contributed by atoms with E-state index in [4.69, 9.17) is 4.42 Å². The Labute approximate surface area is 130 Å². The number of furan rings is 1. The van der Waals surface area contributed by atoms with Crippen molar-refractivity contribution in [2.24, 2.45) is 0 Å². The zero-order valence-electron chi connectivity index (χ0n) is 10.9. The molecule has 1 unspecified atom stereocenters. The molecular weight excluding hydrogens is 368 g/mol. The lowest BCUT2D eigenvalue weighted by molar-refractivity contribution is 0.490. The lowest BCUT2D eigenvalue weighted by Gasteiger charge is -2.15. The Balaban J connectivity index is 2.10. The third kappa shape index (κ3) is 2.45. The normalized spacial score (nSPS) is 12.8. The second-order valence-electron chi connectivity index (χ2n) is 4.57. The van der Waals surface area contributed by atoms with Gasteiger partial charge in [0.2, 0.25) is 0 Å². The van der Waals surface area contributed by atoms with Crippen molar-refractivity contribution in [3.05, 3.63) is 69.2 Å². The summed E-state index contributed by atoms with van der Waals surface area (Å²) in [7, 11) is 1.89. The highest BCUT2D eigenvalue weighted by Crippen LogP contribution is 2.30. The third-order valence-corrected chi connectivity index (χ3v) is 4.27. The van der Waals surface area contributed by atoms with E-state index < -0.39 is 0 Å². The Morgan fingerprint density at radius 2 is 1.95 bits per heavy atom. The number of fused-ring (bicyclic) bond motifs is 1. The topological polar surface area (TPSA) is 25.2 Å². The fourth-order valence-corrected chi connectivity index (χ4v) is 3.04. The summed E-state index contributed by atoms with van der Waals surface area (Å²) in [6.45, 7) is 0. The molecule has 0 spiro atoms. The molecule has 0 fully saturated rings. The molecule has 2 nitrogen and oxygen atoms in total. The van der Waals surface area contributed by atoms with Crippen LogP contribution in [0.4, 0.5) is 4.39 Å². The lowest BCUT2D eigenvalue weighted by Crippen LogP contribution is -2.18. The van der Waals surface area contributed by atoms with Crippen LogP contribution < -0.4 is 5.32 Å². The van der Waals surface area contributed by atoms with Gasteiger partial charge < -0.3 is 9.73 Å². The first-order valence-corrected chi connectivity index (χ1v) is 7.37. The van der Waals surface area contributed by atoms with Crippen LogP contribution in [0.5, 0.6) is 0 Å². The maximum Gasteiger partial charge on any atom is 0.134 e. The lowest BCUT2D eigenvalue weighted by atomic mass is 10.0. The highest BCUT2D eigenvalue weighted by atomic mass is 127. The fraction of sp³-hybridized carbons (Fsp3) is 0.125. The third-order valence-electron chi connectivity index (χ3n) is 3.29. The molecule has 1 heterocycles. The zero-order chi connectivity index (χ0) is 14.1. The van der Waals surface area contributed by atoms with Gasteiger partial charge in [0.25, 0.3) is 0 Å². The van der Waals surface area contributed by atoms with Gasteiger partial charge in [0, 0.05) is 8.96 Å².